The van der Waals surface area contributed by atoms with Crippen LogP contribution in [-0.2, 0) is 0 Å². The summed E-state index contributed by atoms with van der Waals surface area (Å²) >= 11 is 3.66. The second-order valence-corrected chi connectivity index (χ2v) is 17.4. The molecule has 2 heterocycles. The van der Waals surface area contributed by atoms with E-state index in [1.165, 1.54) is 66.5 Å². The lowest BCUT2D eigenvalue weighted by atomic mass is 9.96. The predicted octanol–water partition coefficient (Wildman–Crippen LogP) is 11.2. The van der Waals surface area contributed by atoms with E-state index in [-0.39, 0.29) is 0 Å². The zero-order valence-electron chi connectivity index (χ0n) is 21.9. The van der Waals surface area contributed by atoms with E-state index in [0.29, 0.717) is 16.6 Å². The van der Waals surface area contributed by atoms with Gasteiger partial charge in [0.2, 0.25) is 0 Å². The summed E-state index contributed by atoms with van der Waals surface area (Å²) in [4.78, 5) is 0. The van der Waals surface area contributed by atoms with Gasteiger partial charge in [-0.2, -0.15) is 0 Å². The fourth-order valence-electron chi connectivity index (χ4n) is 6.18. The maximum atomic E-state index is 4.17. The third-order valence-electron chi connectivity index (χ3n) is 8.79. The first-order valence-electron chi connectivity index (χ1n) is 13.2. The molecular formula is C32H36S2Si. The molecule has 3 atom stereocenters. The zero-order chi connectivity index (χ0) is 24.7. The zero-order valence-corrected chi connectivity index (χ0v) is 24.5. The second-order valence-electron chi connectivity index (χ2n) is 10.4. The van der Waals surface area contributed by atoms with Gasteiger partial charge < -0.3 is 0 Å². The summed E-state index contributed by atoms with van der Waals surface area (Å²) in [5.41, 5.74) is 7.48. The summed E-state index contributed by atoms with van der Waals surface area (Å²) in [6.07, 6.45) is 3.66. The Balaban J connectivity index is 1.87. The van der Waals surface area contributed by atoms with Crippen molar-refractivity contribution < 1.29 is 0 Å². The maximum absolute atomic E-state index is 4.17. The lowest BCUT2D eigenvalue weighted by Gasteiger charge is -2.41. The molecule has 0 radical (unpaired) electrons. The molecule has 180 valence electrons. The van der Waals surface area contributed by atoms with Crippen molar-refractivity contribution in [2.24, 2.45) is 0 Å². The van der Waals surface area contributed by atoms with Gasteiger partial charge in [0.25, 0.3) is 0 Å². The molecule has 0 spiro atoms. The maximum Gasteiger partial charge on any atom is 0.147 e. The predicted molar refractivity (Wildman–Crippen MR) is 164 cm³/mol. The van der Waals surface area contributed by atoms with E-state index in [2.05, 4.69) is 106 Å². The molecule has 3 aromatic carbocycles. The molecule has 5 aromatic rings. The normalized spacial score (nSPS) is 14.9. The van der Waals surface area contributed by atoms with Crippen molar-refractivity contribution >= 4 is 72.5 Å². The van der Waals surface area contributed by atoms with Crippen molar-refractivity contribution in [3.63, 3.8) is 0 Å². The van der Waals surface area contributed by atoms with Crippen molar-refractivity contribution in [2.45, 2.75) is 77.4 Å². The molecule has 0 nitrogen and oxygen atoms in total. The van der Waals surface area contributed by atoms with Crippen LogP contribution in [0.15, 0.2) is 53.2 Å². The Hall–Kier alpha value is -2.12. The van der Waals surface area contributed by atoms with Crippen molar-refractivity contribution in [3.05, 3.63) is 58.8 Å². The standard InChI is InChI=1S/C32H36S2Si/c1-7-21(4)35(22(5)8-2,23(6)9-3)15-12-28-29-19-31-24(10-13-33-31)16-26(29)18-27-17-25-11-14-34-32(25)20-30(27)28/h10-11,13-14,16-23H,7-9H2,1-6H3/t21-,22-,23+/m1/s1. The van der Waals surface area contributed by atoms with Gasteiger partial charge in [-0.3, -0.25) is 0 Å². The van der Waals surface area contributed by atoms with Crippen LogP contribution in [0.5, 0.6) is 0 Å². The van der Waals surface area contributed by atoms with Crippen LogP contribution < -0.4 is 0 Å². The highest BCUT2D eigenvalue weighted by Crippen LogP contribution is 2.46. The number of hydrogen-bond donors (Lipinski definition) is 0. The van der Waals surface area contributed by atoms with Crippen LogP contribution >= 0.6 is 22.7 Å². The van der Waals surface area contributed by atoms with E-state index in [1.807, 2.05) is 22.7 Å². The Labute approximate surface area is 219 Å². The second kappa shape index (κ2) is 9.73. The molecule has 0 bridgehead atoms. The number of fused-ring (bicyclic) bond motifs is 4. The third kappa shape index (κ3) is 4.04. The van der Waals surface area contributed by atoms with E-state index in [9.17, 15) is 0 Å². The molecule has 0 aliphatic heterocycles. The highest BCUT2D eigenvalue weighted by atomic mass is 32.1. The number of benzene rings is 3. The third-order valence-corrected chi connectivity index (χ3v) is 17.2. The molecule has 0 saturated heterocycles. The highest BCUT2D eigenvalue weighted by molar-refractivity contribution is 7.17. The summed E-state index contributed by atoms with van der Waals surface area (Å²) in [5, 5.41) is 12.3. The molecule has 0 N–H and O–H groups in total. The van der Waals surface area contributed by atoms with Gasteiger partial charge in [0.15, 0.2) is 0 Å². The summed E-state index contributed by atoms with van der Waals surface area (Å²) < 4.78 is 2.71. The SMILES string of the molecule is CC[C@@H](C)[Si](C#Cc1c2cc3sccc3cc2cc2cc3ccsc3cc12)([C@H](C)CC)[C@@H](C)CC. The minimum Gasteiger partial charge on any atom is -0.144 e. The summed E-state index contributed by atoms with van der Waals surface area (Å²) in [6.45, 7) is 14.6. The van der Waals surface area contributed by atoms with Gasteiger partial charge in [-0.15, -0.1) is 28.2 Å². The average Bonchev–Trinajstić information content (AvgIpc) is 3.53. The smallest absolute Gasteiger partial charge is 0.144 e. The molecular weight excluding hydrogens is 477 g/mol. The Morgan fingerprint density at radius 3 is 1.51 bits per heavy atom. The molecule has 0 aliphatic carbocycles. The van der Waals surface area contributed by atoms with Gasteiger partial charge in [-0.25, -0.2) is 0 Å². The average molecular weight is 513 g/mol. The Bertz CT molecular complexity index is 1460. The van der Waals surface area contributed by atoms with Gasteiger partial charge >= 0.3 is 0 Å². The Morgan fingerprint density at radius 1 is 0.657 bits per heavy atom. The van der Waals surface area contributed by atoms with Gasteiger partial charge in [0.05, 0.1) is 0 Å². The van der Waals surface area contributed by atoms with Crippen molar-refractivity contribution in [1.82, 2.24) is 0 Å². The van der Waals surface area contributed by atoms with Crippen molar-refractivity contribution in [2.75, 3.05) is 0 Å². The topological polar surface area (TPSA) is 0 Å². The molecule has 0 unspecified atom stereocenters. The first-order valence-corrected chi connectivity index (χ1v) is 17.2. The first-order chi connectivity index (χ1) is 16.9. The molecule has 2 aromatic heterocycles. The van der Waals surface area contributed by atoms with E-state index < -0.39 is 8.07 Å². The molecule has 3 heteroatoms. The van der Waals surface area contributed by atoms with Crippen molar-refractivity contribution in [3.8, 4) is 11.5 Å². The Morgan fingerprint density at radius 2 is 1.09 bits per heavy atom. The van der Waals surface area contributed by atoms with Crippen LogP contribution in [0.2, 0.25) is 16.6 Å². The van der Waals surface area contributed by atoms with E-state index >= 15 is 0 Å². The molecule has 0 amide bonds. The number of hydrogen-bond acceptors (Lipinski definition) is 2. The van der Waals surface area contributed by atoms with Gasteiger partial charge in [-0.1, -0.05) is 66.7 Å². The van der Waals surface area contributed by atoms with Gasteiger partial charge in [0.1, 0.15) is 8.07 Å². The van der Waals surface area contributed by atoms with Crippen LogP contribution in [0.1, 0.15) is 66.4 Å². The molecule has 35 heavy (non-hydrogen) atoms. The van der Waals surface area contributed by atoms with Crippen LogP contribution in [0.3, 0.4) is 0 Å². The summed E-state index contributed by atoms with van der Waals surface area (Å²) in [6, 6.07) is 16.4. The van der Waals surface area contributed by atoms with Crippen molar-refractivity contribution in [1.29, 1.82) is 0 Å². The minimum absolute atomic E-state index is 0.689. The minimum atomic E-state index is -1.90. The van der Waals surface area contributed by atoms with E-state index in [1.54, 1.807) is 0 Å². The summed E-state index contributed by atoms with van der Waals surface area (Å²) in [7, 11) is -1.90. The highest BCUT2D eigenvalue weighted by Gasteiger charge is 2.45. The Kier molecular flexibility index (Phi) is 6.83. The van der Waals surface area contributed by atoms with Gasteiger partial charge in [0, 0.05) is 15.0 Å². The first kappa shape index (κ1) is 24.6. The molecule has 0 saturated carbocycles. The largest absolute Gasteiger partial charge is 0.147 e. The van der Waals surface area contributed by atoms with Crippen LogP contribution in [0.25, 0.3) is 41.7 Å². The lowest BCUT2D eigenvalue weighted by molar-refractivity contribution is 0.702. The fourth-order valence-corrected chi connectivity index (χ4v) is 13.8. The summed E-state index contributed by atoms with van der Waals surface area (Å²) in [5.74, 6) is 3.95. The molecule has 0 aliphatic rings. The van der Waals surface area contributed by atoms with E-state index in [4.69, 9.17) is 0 Å². The molecule has 0 fully saturated rings. The van der Waals surface area contributed by atoms with Gasteiger partial charge in [-0.05, 0) is 102 Å². The van der Waals surface area contributed by atoms with Crippen LogP contribution in [-0.4, -0.2) is 8.07 Å². The number of rotatable bonds is 6. The quantitative estimate of drug-likeness (QED) is 0.120. The number of thiophene rings is 2. The van der Waals surface area contributed by atoms with Crippen LogP contribution in [0, 0.1) is 11.5 Å². The van der Waals surface area contributed by atoms with E-state index in [0.717, 1.165) is 0 Å². The lowest BCUT2D eigenvalue weighted by Crippen LogP contribution is -2.45. The monoisotopic (exact) mass is 512 g/mol. The fraction of sp³-hybridized carbons (Fsp3) is 0.375. The molecule has 5 rings (SSSR count). The van der Waals surface area contributed by atoms with Crippen LogP contribution in [0.4, 0.5) is 0 Å².